The number of ether oxygens (including phenoxy) is 2. The van der Waals surface area contributed by atoms with Crippen molar-refractivity contribution in [2.24, 2.45) is 0 Å². The van der Waals surface area contributed by atoms with Crippen LogP contribution in [-0.2, 0) is 4.74 Å². The molecule has 5 heterocycles. The topological polar surface area (TPSA) is 71.0 Å². The van der Waals surface area contributed by atoms with Gasteiger partial charge in [-0.3, -0.25) is 9.80 Å². The highest BCUT2D eigenvalue weighted by Crippen LogP contribution is 2.41. The summed E-state index contributed by atoms with van der Waals surface area (Å²) in [4.78, 5) is 28.9. The monoisotopic (exact) mass is 609 g/mol. The molecule has 1 amide bonds. The van der Waals surface area contributed by atoms with Gasteiger partial charge in [0.05, 0.1) is 28.2 Å². The molecule has 1 aromatic heterocycles. The standard InChI is InChI=1S/C27H34BrClFN5O3/c1-26(2,3)38-25(36)35-17-5-6-18(35)14-33(13-17)23-19-9-21(29)20(28)10-22(19)31-24(32-23)37-15-27-7-4-8-34(27)12-16(30)11-27/h9-10,16-18H,4-8,11-15H2,1-3H3/t16-,17?,18?,27+/m1/s1. The number of carbonyl (C=O) groups is 1. The van der Waals surface area contributed by atoms with Gasteiger partial charge in [-0.1, -0.05) is 11.6 Å². The summed E-state index contributed by atoms with van der Waals surface area (Å²) in [5.74, 6) is 0.746. The quantitative estimate of drug-likeness (QED) is 0.447. The van der Waals surface area contributed by atoms with Gasteiger partial charge in [0.1, 0.15) is 24.2 Å². The fraction of sp³-hybridized carbons (Fsp3) is 0.667. The fourth-order valence-corrected chi connectivity index (χ4v) is 7.22. The maximum absolute atomic E-state index is 14.3. The molecule has 6 rings (SSSR count). The molecule has 8 nitrogen and oxygen atoms in total. The van der Waals surface area contributed by atoms with E-state index in [1.807, 2.05) is 37.8 Å². The minimum Gasteiger partial charge on any atom is -0.461 e. The molecule has 0 spiro atoms. The van der Waals surface area contributed by atoms with Crippen LogP contribution in [0.5, 0.6) is 6.01 Å². The van der Waals surface area contributed by atoms with E-state index in [1.54, 1.807) is 0 Å². The molecule has 38 heavy (non-hydrogen) atoms. The normalized spacial score (nSPS) is 29.3. The number of alkyl halides is 1. The molecule has 0 saturated carbocycles. The number of rotatable bonds is 4. The lowest BCUT2D eigenvalue weighted by atomic mass is 9.95. The van der Waals surface area contributed by atoms with Crippen LogP contribution in [0.4, 0.5) is 15.0 Å². The SMILES string of the molecule is CC(C)(C)OC(=O)N1C2CCC1CN(c1nc(OC[C@@]34CCCN3C[C@H](F)C4)nc3cc(Br)c(Cl)cc13)C2. The van der Waals surface area contributed by atoms with Crippen molar-refractivity contribution in [1.82, 2.24) is 19.8 Å². The van der Waals surface area contributed by atoms with Crippen LogP contribution in [0.2, 0.25) is 5.02 Å². The van der Waals surface area contributed by atoms with E-state index in [-0.39, 0.29) is 29.7 Å². The average Bonchev–Trinajstić information content (AvgIpc) is 3.44. The lowest BCUT2D eigenvalue weighted by Crippen LogP contribution is -2.57. The van der Waals surface area contributed by atoms with Gasteiger partial charge in [-0.2, -0.15) is 9.97 Å². The Bertz CT molecular complexity index is 1250. The molecule has 2 aromatic rings. The highest BCUT2D eigenvalue weighted by Gasteiger charge is 2.49. The molecular weight excluding hydrogens is 577 g/mol. The number of fused-ring (bicyclic) bond motifs is 4. The van der Waals surface area contributed by atoms with Gasteiger partial charge in [-0.05, 0) is 81.1 Å². The second-order valence-corrected chi connectivity index (χ2v) is 13.4. The minimum atomic E-state index is -0.818. The molecule has 2 bridgehead atoms. The molecule has 0 N–H and O–H groups in total. The van der Waals surface area contributed by atoms with E-state index in [4.69, 9.17) is 31.0 Å². The molecule has 206 valence electrons. The van der Waals surface area contributed by atoms with Gasteiger partial charge in [-0.25, -0.2) is 9.18 Å². The zero-order valence-corrected chi connectivity index (χ0v) is 24.4. The van der Waals surface area contributed by atoms with Crippen molar-refractivity contribution in [2.45, 2.75) is 82.3 Å². The molecular formula is C27H34BrClFN5O3. The summed E-state index contributed by atoms with van der Waals surface area (Å²) in [5, 5.41) is 1.41. The Hall–Kier alpha value is -1.91. The summed E-state index contributed by atoms with van der Waals surface area (Å²) in [5.41, 5.74) is -0.0990. The predicted octanol–water partition coefficient (Wildman–Crippen LogP) is 5.59. The summed E-state index contributed by atoms with van der Waals surface area (Å²) in [6, 6.07) is 4.12. The largest absolute Gasteiger partial charge is 0.461 e. The number of carbonyl (C=O) groups excluding carboxylic acids is 1. The van der Waals surface area contributed by atoms with Crippen LogP contribution in [0.15, 0.2) is 16.6 Å². The van der Waals surface area contributed by atoms with E-state index in [0.717, 1.165) is 53.4 Å². The van der Waals surface area contributed by atoms with E-state index < -0.39 is 11.8 Å². The van der Waals surface area contributed by atoms with Crippen LogP contribution in [-0.4, -0.2) is 88.0 Å². The van der Waals surface area contributed by atoms with Crippen molar-refractivity contribution < 1.29 is 18.7 Å². The van der Waals surface area contributed by atoms with Gasteiger partial charge < -0.3 is 14.4 Å². The zero-order chi connectivity index (χ0) is 26.8. The van der Waals surface area contributed by atoms with Crippen LogP contribution in [0, 0.1) is 0 Å². The zero-order valence-electron chi connectivity index (χ0n) is 22.1. The van der Waals surface area contributed by atoms with E-state index in [9.17, 15) is 9.18 Å². The van der Waals surface area contributed by atoms with Gasteiger partial charge >= 0.3 is 12.1 Å². The highest BCUT2D eigenvalue weighted by atomic mass is 79.9. The third-order valence-electron chi connectivity index (χ3n) is 8.31. The predicted molar refractivity (Wildman–Crippen MR) is 148 cm³/mol. The summed E-state index contributed by atoms with van der Waals surface area (Å²) < 4.78 is 27.0. The van der Waals surface area contributed by atoms with Gasteiger partial charge in [0.2, 0.25) is 0 Å². The first-order valence-electron chi connectivity index (χ1n) is 13.5. The maximum Gasteiger partial charge on any atom is 0.410 e. The highest BCUT2D eigenvalue weighted by molar-refractivity contribution is 9.10. The Morgan fingerprint density at radius 1 is 1.21 bits per heavy atom. The Morgan fingerprint density at radius 3 is 2.66 bits per heavy atom. The molecule has 4 aliphatic rings. The summed E-state index contributed by atoms with van der Waals surface area (Å²) >= 11 is 10.0. The number of nitrogens with zero attached hydrogens (tertiary/aromatic N) is 5. The number of anilines is 1. The van der Waals surface area contributed by atoms with E-state index in [1.165, 1.54) is 0 Å². The van der Waals surface area contributed by atoms with Crippen molar-refractivity contribution in [3.63, 3.8) is 0 Å². The summed E-state index contributed by atoms with van der Waals surface area (Å²) in [6.45, 7) is 8.69. The third kappa shape index (κ3) is 4.81. The Kier molecular flexibility index (Phi) is 6.67. The molecule has 1 aromatic carbocycles. The van der Waals surface area contributed by atoms with Crippen molar-refractivity contribution in [1.29, 1.82) is 0 Å². The smallest absolute Gasteiger partial charge is 0.410 e. The lowest BCUT2D eigenvalue weighted by Gasteiger charge is -2.42. The van der Waals surface area contributed by atoms with E-state index in [0.29, 0.717) is 37.7 Å². The second kappa shape index (κ2) is 9.63. The van der Waals surface area contributed by atoms with E-state index >= 15 is 0 Å². The van der Waals surface area contributed by atoms with Gasteiger partial charge in [0.15, 0.2) is 0 Å². The Labute approximate surface area is 235 Å². The number of hydrogen-bond donors (Lipinski definition) is 0. The maximum atomic E-state index is 14.3. The van der Waals surface area contributed by atoms with Crippen molar-refractivity contribution in [3.05, 3.63) is 21.6 Å². The Balaban J connectivity index is 1.29. The number of hydrogen-bond acceptors (Lipinski definition) is 7. The second-order valence-electron chi connectivity index (χ2n) is 12.2. The summed E-state index contributed by atoms with van der Waals surface area (Å²) in [6.07, 6.45) is 3.23. The molecule has 0 aliphatic carbocycles. The molecule has 0 radical (unpaired) electrons. The van der Waals surface area contributed by atoms with Crippen molar-refractivity contribution >= 4 is 50.3 Å². The number of piperazine rings is 1. The molecule has 4 fully saturated rings. The molecule has 4 aliphatic heterocycles. The average molecular weight is 611 g/mol. The Morgan fingerprint density at radius 2 is 1.95 bits per heavy atom. The first kappa shape index (κ1) is 26.3. The van der Waals surface area contributed by atoms with E-state index in [2.05, 4.69) is 25.7 Å². The number of aromatic nitrogens is 2. The molecule has 4 atom stereocenters. The van der Waals surface area contributed by atoms with Gasteiger partial charge in [-0.15, -0.1) is 0 Å². The number of benzene rings is 1. The first-order valence-corrected chi connectivity index (χ1v) is 14.6. The van der Waals surface area contributed by atoms with Gasteiger partial charge in [0, 0.05) is 35.9 Å². The van der Waals surface area contributed by atoms with Crippen LogP contribution in [0.1, 0.15) is 52.9 Å². The van der Waals surface area contributed by atoms with Crippen LogP contribution >= 0.6 is 27.5 Å². The summed E-state index contributed by atoms with van der Waals surface area (Å²) in [7, 11) is 0. The van der Waals surface area contributed by atoms with Gasteiger partial charge in [0.25, 0.3) is 0 Å². The lowest BCUT2D eigenvalue weighted by molar-refractivity contribution is 0.0122. The molecule has 2 unspecified atom stereocenters. The van der Waals surface area contributed by atoms with Crippen LogP contribution < -0.4 is 9.64 Å². The minimum absolute atomic E-state index is 0.0369. The number of halogens is 3. The fourth-order valence-electron chi connectivity index (χ4n) is 6.73. The van der Waals surface area contributed by atoms with Crippen molar-refractivity contribution in [2.75, 3.05) is 37.7 Å². The van der Waals surface area contributed by atoms with Crippen molar-refractivity contribution in [3.8, 4) is 6.01 Å². The third-order valence-corrected chi connectivity index (χ3v) is 9.51. The molecule has 4 saturated heterocycles. The van der Waals surface area contributed by atoms with Crippen LogP contribution in [0.3, 0.4) is 0 Å². The van der Waals surface area contributed by atoms with Crippen LogP contribution in [0.25, 0.3) is 10.9 Å². The first-order chi connectivity index (χ1) is 18.0. The molecule has 11 heteroatoms. The number of amides is 1.